The Morgan fingerprint density at radius 3 is 2.84 bits per heavy atom. The lowest BCUT2D eigenvalue weighted by Crippen LogP contribution is -2.15. The van der Waals surface area contributed by atoms with E-state index in [1.165, 1.54) is 25.0 Å². The molecule has 6 heteroatoms. The zero-order chi connectivity index (χ0) is 13.1. The first kappa shape index (κ1) is 12.6. The highest BCUT2D eigenvalue weighted by atomic mass is 32.2. The van der Waals surface area contributed by atoms with E-state index < -0.39 is 0 Å². The van der Waals surface area contributed by atoms with Gasteiger partial charge in [-0.15, -0.1) is 11.8 Å². The molecule has 0 saturated heterocycles. The maximum absolute atomic E-state index is 12.8. The monoisotopic (exact) mass is 279 g/mol. The van der Waals surface area contributed by atoms with E-state index in [0.717, 1.165) is 4.90 Å². The summed E-state index contributed by atoms with van der Waals surface area (Å²) in [6, 6.07) is 7.02. The normalized spacial score (nSPS) is 14.8. The second-order valence-electron chi connectivity index (χ2n) is 4.50. The van der Waals surface area contributed by atoms with Crippen LogP contribution >= 0.6 is 11.8 Å². The van der Waals surface area contributed by atoms with Crippen LogP contribution in [-0.4, -0.2) is 16.2 Å². The molecule has 0 atom stereocenters. The van der Waals surface area contributed by atoms with Crippen molar-refractivity contribution in [3.8, 4) is 0 Å². The highest BCUT2D eigenvalue weighted by Crippen LogP contribution is 2.22. The molecule has 0 spiro atoms. The summed E-state index contributed by atoms with van der Waals surface area (Å²) in [5.41, 5.74) is 0. The van der Waals surface area contributed by atoms with Crippen molar-refractivity contribution in [3.05, 3.63) is 41.8 Å². The Labute approximate surface area is 114 Å². The molecule has 4 nitrogen and oxygen atoms in total. The molecule has 0 aliphatic heterocycles. The Bertz CT molecular complexity index is 539. The third kappa shape index (κ3) is 3.78. The van der Waals surface area contributed by atoms with Crippen LogP contribution in [-0.2, 0) is 12.3 Å². The van der Waals surface area contributed by atoms with Crippen molar-refractivity contribution in [2.75, 3.05) is 0 Å². The van der Waals surface area contributed by atoms with Crippen LogP contribution in [0.15, 0.2) is 33.7 Å². The molecule has 1 aromatic carbocycles. The molecule has 1 N–H and O–H groups in total. The van der Waals surface area contributed by atoms with Gasteiger partial charge >= 0.3 is 0 Å². The van der Waals surface area contributed by atoms with Crippen molar-refractivity contribution >= 4 is 11.8 Å². The van der Waals surface area contributed by atoms with E-state index in [4.69, 9.17) is 4.52 Å². The van der Waals surface area contributed by atoms with Gasteiger partial charge in [0.15, 0.2) is 5.82 Å². The molecule has 1 aromatic heterocycles. The minimum atomic E-state index is -0.225. The van der Waals surface area contributed by atoms with Crippen molar-refractivity contribution in [1.82, 2.24) is 15.5 Å². The molecule has 0 bridgehead atoms. The van der Waals surface area contributed by atoms with E-state index in [2.05, 4.69) is 15.5 Å². The molecule has 1 heterocycles. The summed E-state index contributed by atoms with van der Waals surface area (Å²) in [4.78, 5) is 5.30. The summed E-state index contributed by atoms with van der Waals surface area (Å²) in [6.45, 7) is 0.638. The number of thioether (sulfide) groups is 1. The highest BCUT2D eigenvalue weighted by Gasteiger charge is 2.21. The standard InChI is InChI=1S/C13H14FN3OS/c14-9-1-5-11(6-2-9)19-8-12-16-13(18-17-12)7-15-10-3-4-10/h1-2,5-6,10,15H,3-4,7-8H2. The summed E-state index contributed by atoms with van der Waals surface area (Å²) in [6.07, 6.45) is 2.48. The summed E-state index contributed by atoms with van der Waals surface area (Å²) >= 11 is 1.56. The van der Waals surface area contributed by atoms with E-state index >= 15 is 0 Å². The van der Waals surface area contributed by atoms with Gasteiger partial charge < -0.3 is 9.84 Å². The molecule has 3 rings (SSSR count). The van der Waals surface area contributed by atoms with Gasteiger partial charge in [-0.3, -0.25) is 0 Å². The quantitative estimate of drug-likeness (QED) is 0.824. The number of nitrogens with one attached hydrogen (secondary N) is 1. The van der Waals surface area contributed by atoms with E-state index in [1.807, 2.05) is 0 Å². The summed E-state index contributed by atoms with van der Waals surface area (Å²) in [7, 11) is 0. The molecule has 1 aliphatic carbocycles. The molecule has 1 fully saturated rings. The predicted octanol–water partition coefficient (Wildman–Crippen LogP) is 2.75. The average molecular weight is 279 g/mol. The first-order valence-corrected chi connectivity index (χ1v) is 7.21. The van der Waals surface area contributed by atoms with E-state index in [0.29, 0.717) is 30.1 Å². The van der Waals surface area contributed by atoms with Gasteiger partial charge in [-0.05, 0) is 37.1 Å². The average Bonchev–Trinajstić information content (AvgIpc) is 3.15. The Morgan fingerprint density at radius 1 is 1.32 bits per heavy atom. The van der Waals surface area contributed by atoms with Crippen LogP contribution in [0.1, 0.15) is 24.6 Å². The van der Waals surface area contributed by atoms with Crippen LogP contribution in [0.5, 0.6) is 0 Å². The lowest BCUT2D eigenvalue weighted by atomic mass is 10.4. The first-order chi connectivity index (χ1) is 9.29. The Balaban J connectivity index is 1.50. The SMILES string of the molecule is Fc1ccc(SCc2noc(CNC3CC3)n2)cc1. The van der Waals surface area contributed by atoms with Crippen molar-refractivity contribution in [3.63, 3.8) is 0 Å². The predicted molar refractivity (Wildman–Crippen MR) is 70.1 cm³/mol. The van der Waals surface area contributed by atoms with Gasteiger partial charge in [-0.1, -0.05) is 5.16 Å². The molecule has 0 radical (unpaired) electrons. The maximum Gasteiger partial charge on any atom is 0.240 e. The Morgan fingerprint density at radius 2 is 2.11 bits per heavy atom. The van der Waals surface area contributed by atoms with Crippen LogP contribution in [0.4, 0.5) is 4.39 Å². The van der Waals surface area contributed by atoms with Crippen LogP contribution in [0.2, 0.25) is 0 Å². The number of aromatic nitrogens is 2. The second-order valence-corrected chi connectivity index (χ2v) is 5.55. The molecular formula is C13H14FN3OS. The third-order valence-corrected chi connectivity index (χ3v) is 3.82. The Hall–Kier alpha value is -1.40. The fraction of sp³-hybridized carbons (Fsp3) is 0.385. The number of benzene rings is 1. The van der Waals surface area contributed by atoms with Crippen LogP contribution in [0, 0.1) is 5.82 Å². The molecule has 0 amide bonds. The molecule has 1 saturated carbocycles. The van der Waals surface area contributed by atoms with Crippen molar-refractivity contribution in [2.45, 2.75) is 36.1 Å². The van der Waals surface area contributed by atoms with E-state index in [-0.39, 0.29) is 5.82 Å². The molecule has 100 valence electrons. The van der Waals surface area contributed by atoms with Gasteiger partial charge in [0.1, 0.15) is 5.82 Å². The van der Waals surface area contributed by atoms with Gasteiger partial charge in [-0.2, -0.15) is 4.98 Å². The van der Waals surface area contributed by atoms with Crippen LogP contribution in [0.3, 0.4) is 0 Å². The summed E-state index contributed by atoms with van der Waals surface area (Å²) in [5.74, 6) is 1.69. The zero-order valence-corrected chi connectivity index (χ0v) is 11.1. The Kier molecular flexibility index (Phi) is 3.79. The fourth-order valence-corrected chi connectivity index (χ4v) is 2.36. The number of nitrogens with zero attached hydrogens (tertiary/aromatic N) is 2. The number of hydrogen-bond acceptors (Lipinski definition) is 5. The van der Waals surface area contributed by atoms with Crippen LogP contribution in [0.25, 0.3) is 0 Å². The van der Waals surface area contributed by atoms with Crippen LogP contribution < -0.4 is 5.32 Å². The summed E-state index contributed by atoms with van der Waals surface area (Å²) in [5, 5.41) is 7.25. The zero-order valence-electron chi connectivity index (χ0n) is 10.3. The number of hydrogen-bond donors (Lipinski definition) is 1. The van der Waals surface area contributed by atoms with Gasteiger partial charge in [0.25, 0.3) is 0 Å². The number of rotatable bonds is 6. The van der Waals surface area contributed by atoms with Gasteiger partial charge in [-0.25, -0.2) is 4.39 Å². The van der Waals surface area contributed by atoms with Crippen molar-refractivity contribution < 1.29 is 8.91 Å². The van der Waals surface area contributed by atoms with Gasteiger partial charge in [0.05, 0.1) is 12.3 Å². The topological polar surface area (TPSA) is 51.0 Å². The largest absolute Gasteiger partial charge is 0.338 e. The lowest BCUT2D eigenvalue weighted by Gasteiger charge is -1.97. The van der Waals surface area contributed by atoms with Gasteiger partial charge in [0.2, 0.25) is 5.89 Å². The van der Waals surface area contributed by atoms with Crippen molar-refractivity contribution in [2.24, 2.45) is 0 Å². The van der Waals surface area contributed by atoms with E-state index in [9.17, 15) is 4.39 Å². The van der Waals surface area contributed by atoms with Crippen molar-refractivity contribution in [1.29, 1.82) is 0 Å². The molecule has 1 aliphatic rings. The molecule has 19 heavy (non-hydrogen) atoms. The molecule has 0 unspecified atom stereocenters. The first-order valence-electron chi connectivity index (χ1n) is 6.23. The number of halogens is 1. The fourth-order valence-electron chi connectivity index (χ4n) is 1.62. The third-order valence-electron chi connectivity index (χ3n) is 2.81. The minimum absolute atomic E-state index is 0.225. The lowest BCUT2D eigenvalue weighted by molar-refractivity contribution is 0.363. The maximum atomic E-state index is 12.8. The smallest absolute Gasteiger partial charge is 0.240 e. The van der Waals surface area contributed by atoms with Gasteiger partial charge in [0, 0.05) is 10.9 Å². The second kappa shape index (κ2) is 5.71. The molecule has 2 aromatic rings. The van der Waals surface area contributed by atoms with E-state index in [1.54, 1.807) is 23.9 Å². The highest BCUT2D eigenvalue weighted by molar-refractivity contribution is 7.98. The summed E-state index contributed by atoms with van der Waals surface area (Å²) < 4.78 is 17.9. The molecular weight excluding hydrogens is 265 g/mol. The minimum Gasteiger partial charge on any atom is -0.338 e.